The van der Waals surface area contributed by atoms with Crippen molar-refractivity contribution >= 4 is 28.0 Å². The van der Waals surface area contributed by atoms with Crippen molar-refractivity contribution in [3.63, 3.8) is 0 Å². The highest BCUT2D eigenvalue weighted by Gasteiger charge is 2.18. The Kier molecular flexibility index (Phi) is 4.16. The zero-order chi connectivity index (χ0) is 18.1. The monoisotopic (exact) mass is 351 g/mol. The zero-order valence-electron chi connectivity index (χ0n) is 14.3. The molecule has 5 nitrogen and oxygen atoms in total. The molecule has 0 unspecified atom stereocenters. The molecule has 0 aliphatic rings. The smallest absolute Gasteiger partial charge is 0.303 e. The predicted molar refractivity (Wildman–Crippen MR) is 100 cm³/mol. The van der Waals surface area contributed by atoms with Crippen molar-refractivity contribution in [1.82, 2.24) is 9.55 Å². The molecule has 4 rings (SSSR count). The minimum atomic E-state index is -0.361. The molecular weight excluding hydrogens is 333 g/mol. The van der Waals surface area contributed by atoms with Gasteiger partial charge in [0.05, 0.1) is 5.69 Å². The second-order valence-electron chi connectivity index (χ2n) is 6.11. The van der Waals surface area contributed by atoms with Gasteiger partial charge in [-0.2, -0.15) is 0 Å². The van der Waals surface area contributed by atoms with E-state index in [1.165, 1.54) is 16.7 Å². The normalized spacial score (nSPS) is 11.3. The summed E-state index contributed by atoms with van der Waals surface area (Å²) in [7, 11) is 0. The maximum absolute atomic E-state index is 13.3. The largest absolute Gasteiger partial charge is 0.448 e. The topological polar surface area (TPSA) is 60.1 Å². The van der Waals surface area contributed by atoms with E-state index in [0.29, 0.717) is 29.3 Å². The third-order valence-electron chi connectivity index (χ3n) is 4.29. The Morgan fingerprint density at radius 3 is 2.69 bits per heavy atom. The minimum absolute atomic E-state index is 0.191. The molecule has 6 heteroatoms. The van der Waals surface area contributed by atoms with E-state index >= 15 is 0 Å². The standard InChI is InChI=1S/C20H18FN3O2/c1-2-3-12-22-20-23-17-15-6-4-5-7-16(15)26-18(17)19(25)24(20)14-10-8-13(21)9-11-14/h4-11H,2-3,12H2,1H3,(H,22,23). The van der Waals surface area contributed by atoms with E-state index in [1.54, 1.807) is 12.1 Å². The predicted octanol–water partition coefficient (Wildman–Crippen LogP) is 4.48. The molecule has 0 aliphatic carbocycles. The van der Waals surface area contributed by atoms with Gasteiger partial charge in [0.25, 0.3) is 0 Å². The summed E-state index contributed by atoms with van der Waals surface area (Å²) in [4.78, 5) is 17.8. The highest BCUT2D eigenvalue weighted by Crippen LogP contribution is 2.27. The van der Waals surface area contributed by atoms with Gasteiger partial charge in [-0.05, 0) is 42.8 Å². The van der Waals surface area contributed by atoms with Crippen LogP contribution in [0.1, 0.15) is 19.8 Å². The molecule has 0 saturated heterocycles. The van der Waals surface area contributed by atoms with Crippen LogP contribution in [-0.2, 0) is 0 Å². The molecule has 0 aliphatic heterocycles. The number of furan rings is 1. The Morgan fingerprint density at radius 1 is 1.15 bits per heavy atom. The van der Waals surface area contributed by atoms with Crippen LogP contribution in [0.5, 0.6) is 0 Å². The highest BCUT2D eigenvalue weighted by atomic mass is 19.1. The molecule has 4 aromatic rings. The fraction of sp³-hybridized carbons (Fsp3) is 0.200. The summed E-state index contributed by atoms with van der Waals surface area (Å²) >= 11 is 0. The number of anilines is 1. The first-order chi connectivity index (χ1) is 12.7. The first kappa shape index (κ1) is 16.3. The SMILES string of the molecule is CCCCNc1nc2c(oc3ccccc32)c(=O)n1-c1ccc(F)cc1. The molecule has 2 aromatic carbocycles. The number of hydrogen-bond acceptors (Lipinski definition) is 4. The second kappa shape index (κ2) is 6.63. The van der Waals surface area contributed by atoms with Crippen LogP contribution in [0.25, 0.3) is 27.8 Å². The summed E-state index contributed by atoms with van der Waals surface area (Å²) < 4.78 is 20.5. The van der Waals surface area contributed by atoms with E-state index in [0.717, 1.165) is 18.2 Å². The van der Waals surface area contributed by atoms with Gasteiger partial charge >= 0.3 is 5.56 Å². The lowest BCUT2D eigenvalue weighted by Gasteiger charge is -2.13. The van der Waals surface area contributed by atoms with Gasteiger partial charge in [-0.15, -0.1) is 0 Å². The van der Waals surface area contributed by atoms with Crippen LogP contribution in [0.3, 0.4) is 0 Å². The zero-order valence-corrected chi connectivity index (χ0v) is 14.3. The summed E-state index contributed by atoms with van der Waals surface area (Å²) in [6.45, 7) is 2.78. The molecule has 0 radical (unpaired) electrons. The van der Waals surface area contributed by atoms with Crippen molar-refractivity contribution in [2.24, 2.45) is 0 Å². The number of nitrogens with zero attached hydrogens (tertiary/aromatic N) is 2. The molecule has 1 N–H and O–H groups in total. The lowest BCUT2D eigenvalue weighted by Crippen LogP contribution is -2.23. The van der Waals surface area contributed by atoms with E-state index in [4.69, 9.17) is 4.42 Å². The van der Waals surface area contributed by atoms with E-state index in [2.05, 4.69) is 17.2 Å². The van der Waals surface area contributed by atoms with Gasteiger partial charge in [0, 0.05) is 11.9 Å². The van der Waals surface area contributed by atoms with Crippen LogP contribution in [0.2, 0.25) is 0 Å². The number of fused-ring (bicyclic) bond motifs is 3. The summed E-state index contributed by atoms with van der Waals surface area (Å²) in [5, 5.41) is 4.03. The van der Waals surface area contributed by atoms with Crippen molar-refractivity contribution in [2.45, 2.75) is 19.8 Å². The van der Waals surface area contributed by atoms with Crippen molar-refractivity contribution in [3.8, 4) is 5.69 Å². The molecule has 26 heavy (non-hydrogen) atoms. The third kappa shape index (κ3) is 2.73. The lowest BCUT2D eigenvalue weighted by molar-refractivity contribution is 0.627. The number of unbranched alkanes of at least 4 members (excludes halogenated alkanes) is 1. The van der Waals surface area contributed by atoms with E-state index in [9.17, 15) is 9.18 Å². The molecule has 0 fully saturated rings. The first-order valence-corrected chi connectivity index (χ1v) is 8.63. The van der Waals surface area contributed by atoms with Gasteiger partial charge in [0.15, 0.2) is 0 Å². The van der Waals surface area contributed by atoms with Crippen molar-refractivity contribution in [2.75, 3.05) is 11.9 Å². The summed E-state index contributed by atoms with van der Waals surface area (Å²) in [5.41, 5.74) is 1.55. The third-order valence-corrected chi connectivity index (χ3v) is 4.29. The van der Waals surface area contributed by atoms with Gasteiger partial charge in [-0.3, -0.25) is 4.79 Å². The Balaban J connectivity index is 1.99. The van der Waals surface area contributed by atoms with E-state index < -0.39 is 0 Å². The molecule has 0 saturated carbocycles. The summed E-state index contributed by atoms with van der Waals surface area (Å²) in [5.74, 6) is 0.0641. The van der Waals surface area contributed by atoms with Crippen LogP contribution in [0.15, 0.2) is 57.7 Å². The van der Waals surface area contributed by atoms with Gasteiger partial charge in [0.1, 0.15) is 16.9 Å². The van der Waals surface area contributed by atoms with Gasteiger partial charge in [-0.25, -0.2) is 13.9 Å². The van der Waals surface area contributed by atoms with Crippen LogP contribution in [0, 0.1) is 5.82 Å². The average Bonchev–Trinajstić information content (AvgIpc) is 3.03. The molecule has 132 valence electrons. The van der Waals surface area contributed by atoms with Gasteiger partial charge in [-0.1, -0.05) is 25.5 Å². The summed E-state index contributed by atoms with van der Waals surface area (Å²) in [6.07, 6.45) is 1.97. The number of halogens is 1. The number of benzene rings is 2. The van der Waals surface area contributed by atoms with Gasteiger partial charge < -0.3 is 9.73 Å². The molecule has 2 aromatic heterocycles. The van der Waals surface area contributed by atoms with Crippen molar-refractivity contribution < 1.29 is 8.81 Å². The van der Waals surface area contributed by atoms with Crippen LogP contribution >= 0.6 is 0 Å². The van der Waals surface area contributed by atoms with Crippen LogP contribution in [-0.4, -0.2) is 16.1 Å². The molecule has 0 amide bonds. The van der Waals surface area contributed by atoms with E-state index in [-0.39, 0.29) is 17.0 Å². The molecule has 0 spiro atoms. The van der Waals surface area contributed by atoms with Crippen molar-refractivity contribution in [1.29, 1.82) is 0 Å². The molecule has 2 heterocycles. The molecular formula is C20H18FN3O2. The average molecular weight is 351 g/mol. The second-order valence-corrected chi connectivity index (χ2v) is 6.11. The summed E-state index contributed by atoms with van der Waals surface area (Å²) in [6, 6.07) is 13.2. The maximum Gasteiger partial charge on any atom is 0.303 e. The number of aromatic nitrogens is 2. The van der Waals surface area contributed by atoms with Gasteiger partial charge in [0.2, 0.25) is 11.5 Å². The fourth-order valence-electron chi connectivity index (χ4n) is 2.97. The lowest BCUT2D eigenvalue weighted by atomic mass is 10.2. The molecule has 0 atom stereocenters. The fourth-order valence-corrected chi connectivity index (χ4v) is 2.97. The van der Waals surface area contributed by atoms with E-state index in [1.807, 2.05) is 24.3 Å². The number of rotatable bonds is 5. The van der Waals surface area contributed by atoms with Crippen LogP contribution < -0.4 is 10.9 Å². The molecule has 0 bridgehead atoms. The highest BCUT2D eigenvalue weighted by molar-refractivity contribution is 6.02. The number of para-hydroxylation sites is 1. The Labute approximate surface area is 149 Å². The van der Waals surface area contributed by atoms with Crippen LogP contribution in [0.4, 0.5) is 10.3 Å². The quantitative estimate of drug-likeness (QED) is 0.539. The maximum atomic E-state index is 13.3. The Hall–Kier alpha value is -3.15. The number of hydrogen-bond donors (Lipinski definition) is 1. The Bertz CT molecular complexity index is 1130. The first-order valence-electron chi connectivity index (χ1n) is 8.63. The van der Waals surface area contributed by atoms with Crippen molar-refractivity contribution in [3.05, 3.63) is 64.7 Å². The minimum Gasteiger partial charge on any atom is -0.448 e. The number of nitrogens with one attached hydrogen (secondary N) is 1. The Morgan fingerprint density at radius 2 is 1.92 bits per heavy atom.